The van der Waals surface area contributed by atoms with Crippen molar-refractivity contribution in [2.45, 2.75) is 32.8 Å². The highest BCUT2D eigenvalue weighted by atomic mass is 16.5. The maximum absolute atomic E-state index is 10.6. The van der Waals surface area contributed by atoms with Crippen LogP contribution < -0.4 is 10.5 Å². The van der Waals surface area contributed by atoms with Crippen molar-refractivity contribution in [2.24, 2.45) is 5.73 Å². The fourth-order valence-corrected chi connectivity index (χ4v) is 1.36. The van der Waals surface area contributed by atoms with Crippen molar-refractivity contribution in [3.8, 4) is 5.75 Å². The number of hydrogen-bond donors (Lipinski definition) is 1. The number of benzene rings is 1. The van der Waals surface area contributed by atoms with E-state index in [9.17, 15) is 4.79 Å². The molecule has 0 saturated carbocycles. The number of ether oxygens (including phenoxy) is 1. The van der Waals surface area contributed by atoms with E-state index >= 15 is 0 Å². The van der Waals surface area contributed by atoms with E-state index in [4.69, 9.17) is 10.5 Å². The molecule has 0 aliphatic carbocycles. The van der Waals surface area contributed by atoms with Gasteiger partial charge in [0.1, 0.15) is 11.9 Å². The number of hydrogen-bond acceptors (Lipinski definition) is 2. The maximum atomic E-state index is 10.6. The summed E-state index contributed by atoms with van der Waals surface area (Å²) in [7, 11) is 0. The molecular weight excluding hydrogens is 190 g/mol. The highest BCUT2D eigenvalue weighted by Gasteiger charge is 2.07. The van der Waals surface area contributed by atoms with E-state index in [1.54, 1.807) is 0 Å². The first-order valence-electron chi connectivity index (χ1n) is 5.15. The van der Waals surface area contributed by atoms with Crippen LogP contribution in [-0.4, -0.2) is 12.0 Å². The Morgan fingerprint density at radius 2 is 2.00 bits per heavy atom. The molecule has 0 aromatic heterocycles. The molecular formula is C12H17NO2. The average Bonchev–Trinajstić information content (AvgIpc) is 2.17. The van der Waals surface area contributed by atoms with Crippen LogP contribution in [0.2, 0.25) is 0 Å². The first-order valence-corrected chi connectivity index (χ1v) is 5.15. The lowest BCUT2D eigenvalue weighted by atomic mass is 10.2. The molecule has 0 heterocycles. The first kappa shape index (κ1) is 11.6. The van der Waals surface area contributed by atoms with Gasteiger partial charge in [-0.15, -0.1) is 0 Å². The molecule has 1 unspecified atom stereocenters. The van der Waals surface area contributed by atoms with Gasteiger partial charge in [0.05, 0.1) is 6.42 Å². The SMILES string of the molecule is CCc1ccc(OC(C)CC(N)=O)cc1. The average molecular weight is 207 g/mol. The zero-order chi connectivity index (χ0) is 11.3. The van der Waals surface area contributed by atoms with Crippen LogP contribution in [0.25, 0.3) is 0 Å². The molecule has 1 aromatic rings. The Labute approximate surface area is 90.2 Å². The van der Waals surface area contributed by atoms with Crippen LogP contribution in [0, 0.1) is 0 Å². The minimum atomic E-state index is -0.340. The number of rotatable bonds is 5. The quantitative estimate of drug-likeness (QED) is 0.801. The Bertz CT molecular complexity index is 319. The first-order chi connectivity index (χ1) is 7.11. The Hall–Kier alpha value is -1.51. The van der Waals surface area contributed by atoms with Gasteiger partial charge in [-0.3, -0.25) is 4.79 Å². The minimum Gasteiger partial charge on any atom is -0.490 e. The van der Waals surface area contributed by atoms with Crippen LogP contribution in [0.4, 0.5) is 0 Å². The van der Waals surface area contributed by atoms with Crippen molar-refractivity contribution in [3.63, 3.8) is 0 Å². The fourth-order valence-electron chi connectivity index (χ4n) is 1.36. The van der Waals surface area contributed by atoms with Crippen molar-refractivity contribution in [3.05, 3.63) is 29.8 Å². The molecule has 0 radical (unpaired) electrons. The second-order valence-electron chi connectivity index (χ2n) is 3.60. The Morgan fingerprint density at radius 1 is 1.40 bits per heavy atom. The second-order valence-corrected chi connectivity index (χ2v) is 3.60. The number of amides is 1. The van der Waals surface area contributed by atoms with Gasteiger partial charge in [0.25, 0.3) is 0 Å². The minimum absolute atomic E-state index is 0.171. The van der Waals surface area contributed by atoms with Crippen LogP contribution >= 0.6 is 0 Å². The van der Waals surface area contributed by atoms with E-state index in [0.717, 1.165) is 12.2 Å². The predicted octanol–water partition coefficient (Wildman–Crippen LogP) is 1.89. The lowest BCUT2D eigenvalue weighted by Gasteiger charge is -2.13. The zero-order valence-corrected chi connectivity index (χ0v) is 9.19. The topological polar surface area (TPSA) is 52.3 Å². The number of nitrogens with two attached hydrogens (primary N) is 1. The van der Waals surface area contributed by atoms with Crippen molar-refractivity contribution < 1.29 is 9.53 Å². The third kappa shape index (κ3) is 4.02. The van der Waals surface area contributed by atoms with Gasteiger partial charge in [-0.25, -0.2) is 0 Å². The van der Waals surface area contributed by atoms with Gasteiger partial charge in [0.2, 0.25) is 5.91 Å². The molecule has 0 aliphatic rings. The Kier molecular flexibility index (Phi) is 4.16. The smallest absolute Gasteiger partial charge is 0.221 e. The van der Waals surface area contributed by atoms with E-state index in [1.807, 2.05) is 31.2 Å². The van der Waals surface area contributed by atoms with Gasteiger partial charge in [-0.05, 0) is 31.0 Å². The normalized spacial score (nSPS) is 12.1. The zero-order valence-electron chi connectivity index (χ0n) is 9.19. The molecule has 15 heavy (non-hydrogen) atoms. The maximum Gasteiger partial charge on any atom is 0.221 e. The number of primary amides is 1. The fraction of sp³-hybridized carbons (Fsp3) is 0.417. The lowest BCUT2D eigenvalue weighted by molar-refractivity contribution is -0.119. The van der Waals surface area contributed by atoms with Gasteiger partial charge in [0.15, 0.2) is 0 Å². The molecule has 82 valence electrons. The highest BCUT2D eigenvalue weighted by Crippen LogP contribution is 2.14. The summed E-state index contributed by atoms with van der Waals surface area (Å²) in [4.78, 5) is 10.6. The molecule has 2 N–H and O–H groups in total. The van der Waals surface area contributed by atoms with E-state index in [2.05, 4.69) is 6.92 Å². The lowest BCUT2D eigenvalue weighted by Crippen LogP contribution is -2.22. The summed E-state index contributed by atoms with van der Waals surface area (Å²) >= 11 is 0. The summed E-state index contributed by atoms with van der Waals surface area (Å²) in [6.07, 6.45) is 1.09. The van der Waals surface area contributed by atoms with Crippen molar-refractivity contribution in [2.75, 3.05) is 0 Å². The van der Waals surface area contributed by atoms with E-state index < -0.39 is 0 Å². The summed E-state index contributed by atoms with van der Waals surface area (Å²) in [6.45, 7) is 3.93. The monoisotopic (exact) mass is 207 g/mol. The van der Waals surface area contributed by atoms with Gasteiger partial charge in [-0.1, -0.05) is 19.1 Å². The molecule has 0 saturated heterocycles. The predicted molar refractivity (Wildman–Crippen MR) is 59.7 cm³/mol. The summed E-state index contributed by atoms with van der Waals surface area (Å²) in [5, 5.41) is 0. The molecule has 1 atom stereocenters. The van der Waals surface area contributed by atoms with Crippen LogP contribution in [0.5, 0.6) is 5.75 Å². The van der Waals surface area contributed by atoms with Gasteiger partial charge in [0, 0.05) is 0 Å². The molecule has 0 bridgehead atoms. The highest BCUT2D eigenvalue weighted by molar-refractivity contribution is 5.74. The van der Waals surface area contributed by atoms with Gasteiger partial charge in [-0.2, -0.15) is 0 Å². The standard InChI is InChI=1S/C12H17NO2/c1-3-10-4-6-11(7-5-10)15-9(2)8-12(13)14/h4-7,9H,3,8H2,1-2H3,(H2,13,14). The van der Waals surface area contributed by atoms with E-state index in [-0.39, 0.29) is 18.4 Å². The summed E-state index contributed by atoms with van der Waals surface area (Å²) < 4.78 is 5.52. The molecule has 1 aromatic carbocycles. The molecule has 0 aliphatic heterocycles. The summed E-state index contributed by atoms with van der Waals surface area (Å²) in [5.41, 5.74) is 6.34. The van der Waals surface area contributed by atoms with Crippen molar-refractivity contribution in [1.82, 2.24) is 0 Å². The number of aryl methyl sites for hydroxylation is 1. The summed E-state index contributed by atoms with van der Waals surface area (Å²) in [6, 6.07) is 7.87. The van der Waals surface area contributed by atoms with Crippen LogP contribution in [0.3, 0.4) is 0 Å². The molecule has 3 nitrogen and oxygen atoms in total. The molecule has 1 rings (SSSR count). The van der Waals surface area contributed by atoms with E-state index in [0.29, 0.717) is 0 Å². The number of carbonyl (C=O) groups is 1. The summed E-state index contributed by atoms with van der Waals surface area (Å²) in [5.74, 6) is 0.439. The molecule has 3 heteroatoms. The van der Waals surface area contributed by atoms with Crippen LogP contribution in [0.15, 0.2) is 24.3 Å². The van der Waals surface area contributed by atoms with Crippen molar-refractivity contribution in [1.29, 1.82) is 0 Å². The molecule has 0 spiro atoms. The van der Waals surface area contributed by atoms with E-state index in [1.165, 1.54) is 5.56 Å². The molecule has 0 fully saturated rings. The second kappa shape index (κ2) is 5.39. The third-order valence-corrected chi connectivity index (χ3v) is 2.16. The Balaban J connectivity index is 2.53. The largest absolute Gasteiger partial charge is 0.490 e. The van der Waals surface area contributed by atoms with Crippen molar-refractivity contribution >= 4 is 5.91 Å². The van der Waals surface area contributed by atoms with Gasteiger partial charge < -0.3 is 10.5 Å². The van der Waals surface area contributed by atoms with Crippen LogP contribution in [-0.2, 0) is 11.2 Å². The third-order valence-electron chi connectivity index (χ3n) is 2.16. The van der Waals surface area contributed by atoms with Crippen LogP contribution in [0.1, 0.15) is 25.8 Å². The number of carbonyl (C=O) groups excluding carboxylic acids is 1. The Morgan fingerprint density at radius 3 is 2.47 bits per heavy atom. The molecule has 1 amide bonds. The van der Waals surface area contributed by atoms with Gasteiger partial charge >= 0.3 is 0 Å².